The fraction of sp³-hybridized carbons (Fsp3) is 0.273. The van der Waals surface area contributed by atoms with E-state index in [0.29, 0.717) is 17.9 Å². The van der Waals surface area contributed by atoms with Crippen LogP contribution in [0.1, 0.15) is 21.1 Å². The Kier molecular flexibility index (Phi) is 4.03. The molecule has 4 N–H and O–H groups in total. The van der Waals surface area contributed by atoms with Crippen LogP contribution in [0.25, 0.3) is 0 Å². The van der Waals surface area contributed by atoms with Crippen molar-refractivity contribution < 1.29 is 4.79 Å². The SMILES string of the molecule is Cc1[nH]nc(C(=O)NCCc2ccc(Br)s2)c1N. The van der Waals surface area contributed by atoms with Gasteiger partial charge in [-0.1, -0.05) is 0 Å². The highest BCUT2D eigenvalue weighted by Crippen LogP contribution is 2.22. The third-order valence-corrected chi connectivity index (χ3v) is 4.18. The number of nitrogens with one attached hydrogen (secondary N) is 2. The summed E-state index contributed by atoms with van der Waals surface area (Å²) in [7, 11) is 0. The highest BCUT2D eigenvalue weighted by Gasteiger charge is 2.14. The predicted octanol–water partition coefficient (Wildman–Crippen LogP) is 2.10. The van der Waals surface area contributed by atoms with Crippen molar-refractivity contribution in [2.75, 3.05) is 12.3 Å². The maximum Gasteiger partial charge on any atom is 0.273 e. The van der Waals surface area contributed by atoms with E-state index < -0.39 is 0 Å². The number of H-pyrrole nitrogens is 1. The van der Waals surface area contributed by atoms with Gasteiger partial charge in [0.2, 0.25) is 0 Å². The van der Waals surface area contributed by atoms with Crippen molar-refractivity contribution in [1.82, 2.24) is 15.5 Å². The zero-order valence-electron chi connectivity index (χ0n) is 9.79. The Morgan fingerprint density at radius 2 is 2.39 bits per heavy atom. The molecule has 5 nitrogen and oxygen atoms in total. The molecule has 0 fully saturated rings. The smallest absolute Gasteiger partial charge is 0.273 e. The Hall–Kier alpha value is -1.34. The van der Waals surface area contributed by atoms with Crippen LogP contribution in [0.2, 0.25) is 0 Å². The van der Waals surface area contributed by atoms with Gasteiger partial charge in [0.1, 0.15) is 0 Å². The topological polar surface area (TPSA) is 83.8 Å². The highest BCUT2D eigenvalue weighted by molar-refractivity contribution is 9.11. The van der Waals surface area contributed by atoms with Crippen molar-refractivity contribution in [3.05, 3.63) is 32.2 Å². The van der Waals surface area contributed by atoms with E-state index in [2.05, 4.69) is 31.4 Å². The van der Waals surface area contributed by atoms with E-state index in [-0.39, 0.29) is 11.6 Å². The number of aromatic nitrogens is 2. The minimum absolute atomic E-state index is 0.243. The van der Waals surface area contributed by atoms with Crippen LogP contribution < -0.4 is 11.1 Å². The lowest BCUT2D eigenvalue weighted by Crippen LogP contribution is -2.26. The molecule has 7 heteroatoms. The largest absolute Gasteiger partial charge is 0.395 e. The normalized spacial score (nSPS) is 10.6. The number of amides is 1. The predicted molar refractivity (Wildman–Crippen MR) is 75.8 cm³/mol. The molecule has 0 atom stereocenters. The number of aromatic amines is 1. The summed E-state index contributed by atoms with van der Waals surface area (Å²) >= 11 is 5.06. The highest BCUT2D eigenvalue weighted by atomic mass is 79.9. The van der Waals surface area contributed by atoms with Gasteiger partial charge in [0.05, 0.1) is 15.2 Å². The van der Waals surface area contributed by atoms with Gasteiger partial charge < -0.3 is 11.1 Å². The maximum absolute atomic E-state index is 11.8. The summed E-state index contributed by atoms with van der Waals surface area (Å²) in [4.78, 5) is 13.0. The van der Waals surface area contributed by atoms with Crippen LogP contribution in [0.4, 0.5) is 5.69 Å². The molecule has 2 heterocycles. The van der Waals surface area contributed by atoms with Crippen molar-refractivity contribution >= 4 is 38.9 Å². The maximum atomic E-state index is 11.8. The minimum atomic E-state index is -0.243. The third-order valence-electron chi connectivity index (χ3n) is 2.50. The van der Waals surface area contributed by atoms with Crippen LogP contribution >= 0.6 is 27.3 Å². The van der Waals surface area contributed by atoms with E-state index in [1.165, 1.54) is 4.88 Å². The number of hydrogen-bond donors (Lipinski definition) is 3. The molecule has 2 rings (SSSR count). The van der Waals surface area contributed by atoms with E-state index in [4.69, 9.17) is 5.73 Å². The van der Waals surface area contributed by atoms with E-state index in [9.17, 15) is 4.79 Å². The number of aryl methyl sites for hydroxylation is 1. The first-order chi connectivity index (χ1) is 8.58. The van der Waals surface area contributed by atoms with Gasteiger partial charge in [0, 0.05) is 11.4 Å². The molecule has 0 aliphatic rings. The molecular weight excluding hydrogens is 316 g/mol. The Morgan fingerprint density at radius 3 is 2.94 bits per heavy atom. The number of rotatable bonds is 4. The zero-order valence-corrected chi connectivity index (χ0v) is 12.2. The number of nitrogen functional groups attached to an aromatic ring is 1. The fourth-order valence-corrected chi connectivity index (χ4v) is 2.96. The third kappa shape index (κ3) is 2.91. The molecule has 2 aromatic heterocycles. The monoisotopic (exact) mass is 328 g/mol. The van der Waals surface area contributed by atoms with Crippen LogP contribution in [-0.4, -0.2) is 22.6 Å². The van der Waals surface area contributed by atoms with E-state index in [0.717, 1.165) is 10.2 Å². The molecule has 0 aliphatic carbocycles. The van der Waals surface area contributed by atoms with Crippen molar-refractivity contribution in [3.63, 3.8) is 0 Å². The molecule has 1 amide bonds. The average molecular weight is 329 g/mol. The van der Waals surface area contributed by atoms with Crippen molar-refractivity contribution in [3.8, 4) is 0 Å². The molecule has 0 radical (unpaired) electrons. The number of carbonyl (C=O) groups is 1. The van der Waals surface area contributed by atoms with Gasteiger partial charge in [-0.2, -0.15) is 5.10 Å². The molecule has 0 saturated carbocycles. The van der Waals surface area contributed by atoms with Crippen LogP contribution in [0.5, 0.6) is 0 Å². The van der Waals surface area contributed by atoms with Crippen LogP contribution in [0.15, 0.2) is 15.9 Å². The van der Waals surface area contributed by atoms with Crippen LogP contribution in [-0.2, 0) is 6.42 Å². The number of nitrogens with two attached hydrogens (primary N) is 1. The van der Waals surface area contributed by atoms with Crippen molar-refractivity contribution in [2.45, 2.75) is 13.3 Å². The minimum Gasteiger partial charge on any atom is -0.395 e. The second-order valence-electron chi connectivity index (χ2n) is 3.82. The van der Waals surface area contributed by atoms with Gasteiger partial charge in [0.15, 0.2) is 5.69 Å². The van der Waals surface area contributed by atoms with E-state index >= 15 is 0 Å². The number of thiophene rings is 1. The number of carbonyl (C=O) groups excluding carboxylic acids is 1. The van der Waals surface area contributed by atoms with Crippen LogP contribution in [0.3, 0.4) is 0 Å². The van der Waals surface area contributed by atoms with Gasteiger partial charge in [-0.3, -0.25) is 9.89 Å². The van der Waals surface area contributed by atoms with E-state index in [1.54, 1.807) is 18.3 Å². The Bertz CT molecular complexity index is 563. The molecule has 0 aliphatic heterocycles. The quantitative estimate of drug-likeness (QED) is 0.803. The molecule has 0 aromatic carbocycles. The first-order valence-electron chi connectivity index (χ1n) is 5.41. The molecule has 0 unspecified atom stereocenters. The lowest BCUT2D eigenvalue weighted by atomic mass is 10.3. The molecule has 0 spiro atoms. The first kappa shape index (κ1) is 13.1. The number of hydrogen-bond acceptors (Lipinski definition) is 4. The second kappa shape index (κ2) is 5.53. The second-order valence-corrected chi connectivity index (χ2v) is 6.37. The number of halogens is 1. The average Bonchev–Trinajstić information content (AvgIpc) is 2.87. The van der Waals surface area contributed by atoms with E-state index in [1.807, 2.05) is 12.1 Å². The molecular formula is C11H13BrN4OS. The Balaban J connectivity index is 1.87. The summed E-state index contributed by atoms with van der Waals surface area (Å²) in [5, 5.41) is 9.37. The summed E-state index contributed by atoms with van der Waals surface area (Å²) in [6.07, 6.45) is 0.797. The lowest BCUT2D eigenvalue weighted by molar-refractivity contribution is 0.0950. The molecule has 96 valence electrons. The molecule has 0 bridgehead atoms. The summed E-state index contributed by atoms with van der Waals surface area (Å²) < 4.78 is 1.09. The van der Waals surface area contributed by atoms with Crippen LogP contribution in [0, 0.1) is 6.92 Å². The summed E-state index contributed by atoms with van der Waals surface area (Å²) in [6.45, 7) is 2.35. The van der Waals surface area contributed by atoms with Gasteiger partial charge in [-0.05, 0) is 41.4 Å². The molecule has 2 aromatic rings. The fourth-order valence-electron chi connectivity index (χ4n) is 1.48. The lowest BCUT2D eigenvalue weighted by Gasteiger charge is -2.02. The Labute approximate surface area is 117 Å². The van der Waals surface area contributed by atoms with Crippen molar-refractivity contribution in [2.24, 2.45) is 0 Å². The Morgan fingerprint density at radius 1 is 1.61 bits per heavy atom. The van der Waals surface area contributed by atoms with Gasteiger partial charge >= 0.3 is 0 Å². The van der Waals surface area contributed by atoms with Gasteiger partial charge in [-0.15, -0.1) is 11.3 Å². The summed E-state index contributed by atoms with van der Waals surface area (Å²) in [6, 6.07) is 4.03. The summed E-state index contributed by atoms with van der Waals surface area (Å²) in [5.74, 6) is -0.243. The zero-order chi connectivity index (χ0) is 13.1. The number of nitrogens with zero attached hydrogens (tertiary/aromatic N) is 1. The first-order valence-corrected chi connectivity index (χ1v) is 7.01. The summed E-state index contributed by atoms with van der Waals surface area (Å²) in [5.41, 5.74) is 7.11. The molecule has 0 saturated heterocycles. The number of anilines is 1. The standard InChI is InChI=1S/C11H13BrN4OS/c1-6-9(13)10(16-15-6)11(17)14-5-4-7-2-3-8(12)18-7/h2-3H,4-5,13H2,1H3,(H,14,17)(H,15,16). The van der Waals surface area contributed by atoms with Crippen molar-refractivity contribution in [1.29, 1.82) is 0 Å². The van der Waals surface area contributed by atoms with Gasteiger partial charge in [0.25, 0.3) is 5.91 Å². The van der Waals surface area contributed by atoms with Gasteiger partial charge in [-0.25, -0.2) is 0 Å². The molecule has 18 heavy (non-hydrogen) atoms.